The molecule has 8 heteroatoms. The van der Waals surface area contributed by atoms with E-state index in [1.807, 2.05) is 38.1 Å². The molecular formula is C26H30N2O6. The molecule has 1 fully saturated rings. The molecule has 180 valence electrons. The summed E-state index contributed by atoms with van der Waals surface area (Å²) in [4.78, 5) is 36.5. The van der Waals surface area contributed by atoms with Gasteiger partial charge >= 0.3 is 12.1 Å². The number of fused-ring (bicyclic) bond motifs is 3. The molecule has 4 rings (SSSR count). The number of hydrogen-bond acceptors (Lipinski definition) is 5. The largest absolute Gasteiger partial charge is 0.479 e. The highest BCUT2D eigenvalue weighted by Gasteiger charge is 2.36. The summed E-state index contributed by atoms with van der Waals surface area (Å²) in [6.45, 7) is 4.28. The van der Waals surface area contributed by atoms with Crippen molar-refractivity contribution < 1.29 is 29.0 Å². The molecule has 8 nitrogen and oxygen atoms in total. The Morgan fingerprint density at radius 1 is 1.06 bits per heavy atom. The Kier molecular flexibility index (Phi) is 7.17. The number of carbonyl (C=O) groups excluding carboxylic acids is 2. The van der Waals surface area contributed by atoms with E-state index in [9.17, 15) is 19.5 Å². The molecule has 3 atom stereocenters. The second-order valence-corrected chi connectivity index (χ2v) is 9.12. The Balaban J connectivity index is 1.34. The summed E-state index contributed by atoms with van der Waals surface area (Å²) in [7, 11) is 0. The molecule has 0 bridgehead atoms. The standard InChI is InChI=1S/C26H30N2O6/c1-15(2)22(13-23(29)27-21-11-12-33-24(21)25(30)31)28-26(32)34-14-20-18-9-5-3-7-16(18)17-8-4-6-10-19(17)20/h3-10,15,20-22,24H,11-14H2,1-2H3,(H,27,29)(H,28,32)(H,30,31). The number of carbonyl (C=O) groups is 3. The molecule has 0 aromatic heterocycles. The van der Waals surface area contributed by atoms with Crippen molar-refractivity contribution in [1.82, 2.24) is 10.6 Å². The summed E-state index contributed by atoms with van der Waals surface area (Å²) in [6, 6.07) is 15.2. The Morgan fingerprint density at radius 2 is 1.68 bits per heavy atom. The smallest absolute Gasteiger partial charge is 0.407 e. The van der Waals surface area contributed by atoms with Gasteiger partial charge in [0.1, 0.15) is 6.61 Å². The van der Waals surface area contributed by atoms with E-state index in [0.717, 1.165) is 22.3 Å². The van der Waals surface area contributed by atoms with Crippen molar-refractivity contribution in [3.63, 3.8) is 0 Å². The minimum Gasteiger partial charge on any atom is -0.479 e. The first-order valence-corrected chi connectivity index (χ1v) is 11.6. The van der Waals surface area contributed by atoms with Gasteiger partial charge in [-0.15, -0.1) is 0 Å². The number of benzene rings is 2. The van der Waals surface area contributed by atoms with Crippen LogP contribution in [-0.4, -0.2) is 54.5 Å². The van der Waals surface area contributed by atoms with E-state index in [1.165, 1.54) is 0 Å². The third kappa shape index (κ3) is 5.07. The normalized spacial score (nSPS) is 19.9. The van der Waals surface area contributed by atoms with Crippen LogP contribution in [0.4, 0.5) is 4.79 Å². The van der Waals surface area contributed by atoms with Crippen LogP contribution in [0.2, 0.25) is 0 Å². The predicted octanol–water partition coefficient (Wildman–Crippen LogP) is 3.30. The third-order valence-electron chi connectivity index (χ3n) is 6.54. The van der Waals surface area contributed by atoms with Crippen molar-refractivity contribution >= 4 is 18.0 Å². The third-order valence-corrected chi connectivity index (χ3v) is 6.54. The average Bonchev–Trinajstić information content (AvgIpc) is 3.40. The monoisotopic (exact) mass is 466 g/mol. The first-order valence-electron chi connectivity index (χ1n) is 11.6. The molecule has 1 saturated heterocycles. The number of amides is 2. The van der Waals surface area contributed by atoms with Crippen molar-refractivity contribution in [3.05, 3.63) is 59.7 Å². The summed E-state index contributed by atoms with van der Waals surface area (Å²) < 4.78 is 10.8. The Morgan fingerprint density at radius 3 is 2.26 bits per heavy atom. The number of hydrogen-bond donors (Lipinski definition) is 3. The molecule has 2 aromatic rings. The Hall–Kier alpha value is -3.39. The minimum atomic E-state index is -1.10. The number of alkyl carbamates (subject to hydrolysis) is 1. The second kappa shape index (κ2) is 10.3. The number of carboxylic acids is 1. The van der Waals surface area contributed by atoms with Gasteiger partial charge in [-0.1, -0.05) is 62.4 Å². The lowest BCUT2D eigenvalue weighted by Crippen LogP contribution is -2.47. The molecule has 1 heterocycles. The van der Waals surface area contributed by atoms with E-state index >= 15 is 0 Å². The van der Waals surface area contributed by atoms with E-state index in [1.54, 1.807) is 0 Å². The van der Waals surface area contributed by atoms with Crippen LogP contribution < -0.4 is 10.6 Å². The zero-order valence-electron chi connectivity index (χ0n) is 19.3. The van der Waals surface area contributed by atoms with Gasteiger partial charge in [-0.3, -0.25) is 4.79 Å². The van der Waals surface area contributed by atoms with Crippen LogP contribution in [0.15, 0.2) is 48.5 Å². The summed E-state index contributed by atoms with van der Waals surface area (Å²) >= 11 is 0. The van der Waals surface area contributed by atoms with E-state index in [0.29, 0.717) is 6.42 Å². The number of nitrogens with one attached hydrogen (secondary N) is 2. The molecule has 0 radical (unpaired) electrons. The number of aliphatic carboxylic acids is 1. The van der Waals surface area contributed by atoms with Gasteiger partial charge in [-0.2, -0.15) is 0 Å². The quantitative estimate of drug-likeness (QED) is 0.550. The molecule has 0 spiro atoms. The van der Waals surface area contributed by atoms with Crippen molar-refractivity contribution in [1.29, 1.82) is 0 Å². The van der Waals surface area contributed by atoms with Crippen LogP contribution in [0.25, 0.3) is 11.1 Å². The van der Waals surface area contributed by atoms with Crippen molar-refractivity contribution in [2.45, 2.75) is 50.8 Å². The summed E-state index contributed by atoms with van der Waals surface area (Å²) in [6.07, 6.45) is -1.17. The summed E-state index contributed by atoms with van der Waals surface area (Å²) in [5, 5.41) is 14.7. The molecule has 2 amide bonds. The van der Waals surface area contributed by atoms with Gasteiger partial charge in [0.15, 0.2) is 6.10 Å². The molecule has 3 unspecified atom stereocenters. The second-order valence-electron chi connectivity index (χ2n) is 9.12. The van der Waals surface area contributed by atoms with Gasteiger partial charge in [-0.25, -0.2) is 9.59 Å². The van der Waals surface area contributed by atoms with Crippen molar-refractivity contribution in [3.8, 4) is 11.1 Å². The lowest BCUT2D eigenvalue weighted by Gasteiger charge is -2.24. The van der Waals surface area contributed by atoms with E-state index in [4.69, 9.17) is 9.47 Å². The van der Waals surface area contributed by atoms with Crippen LogP contribution in [0.5, 0.6) is 0 Å². The van der Waals surface area contributed by atoms with Crippen molar-refractivity contribution in [2.75, 3.05) is 13.2 Å². The zero-order chi connectivity index (χ0) is 24.2. The van der Waals surface area contributed by atoms with Gasteiger partial charge in [-0.05, 0) is 34.6 Å². The number of carboxylic acid groups (broad SMARTS) is 1. The first kappa shape index (κ1) is 23.8. The fourth-order valence-corrected chi connectivity index (χ4v) is 4.69. The van der Waals surface area contributed by atoms with Gasteiger partial charge in [0.25, 0.3) is 0 Å². The van der Waals surface area contributed by atoms with Crippen molar-refractivity contribution in [2.24, 2.45) is 5.92 Å². The van der Waals surface area contributed by atoms with E-state index in [-0.39, 0.29) is 37.4 Å². The van der Waals surface area contributed by atoms with E-state index in [2.05, 4.69) is 34.9 Å². The molecule has 34 heavy (non-hydrogen) atoms. The van der Waals surface area contributed by atoms with Crippen LogP contribution in [0.3, 0.4) is 0 Å². The summed E-state index contributed by atoms with van der Waals surface area (Å²) in [5.74, 6) is -1.50. The molecule has 2 aliphatic rings. The van der Waals surface area contributed by atoms with Gasteiger partial charge in [0.2, 0.25) is 5.91 Å². The van der Waals surface area contributed by atoms with Gasteiger partial charge in [0.05, 0.1) is 6.04 Å². The first-order chi connectivity index (χ1) is 16.3. The molecule has 3 N–H and O–H groups in total. The van der Waals surface area contributed by atoms with Crippen LogP contribution in [-0.2, 0) is 19.1 Å². The maximum Gasteiger partial charge on any atom is 0.407 e. The van der Waals surface area contributed by atoms with Crippen LogP contribution in [0.1, 0.15) is 43.7 Å². The predicted molar refractivity (Wildman–Crippen MR) is 125 cm³/mol. The molecule has 1 aliphatic carbocycles. The number of ether oxygens (including phenoxy) is 2. The maximum absolute atomic E-state index is 12.6. The molecule has 0 saturated carbocycles. The Bertz CT molecular complexity index is 1020. The SMILES string of the molecule is CC(C)C(CC(=O)NC1CCOC1C(=O)O)NC(=O)OCC1c2ccccc2-c2ccccc21. The lowest BCUT2D eigenvalue weighted by atomic mass is 9.98. The maximum atomic E-state index is 12.6. The van der Waals surface area contributed by atoms with Gasteiger partial charge < -0.3 is 25.2 Å². The molecular weight excluding hydrogens is 436 g/mol. The van der Waals surface area contributed by atoms with Crippen LogP contribution in [0, 0.1) is 5.92 Å². The highest BCUT2D eigenvalue weighted by molar-refractivity contribution is 5.81. The Labute approximate surface area is 198 Å². The average molecular weight is 467 g/mol. The zero-order valence-corrected chi connectivity index (χ0v) is 19.3. The molecule has 2 aromatic carbocycles. The fourth-order valence-electron chi connectivity index (χ4n) is 4.69. The topological polar surface area (TPSA) is 114 Å². The summed E-state index contributed by atoms with van der Waals surface area (Å²) in [5.41, 5.74) is 4.56. The lowest BCUT2D eigenvalue weighted by molar-refractivity contribution is -0.148. The minimum absolute atomic E-state index is 0.0186. The van der Waals surface area contributed by atoms with Gasteiger partial charge in [0, 0.05) is 25.0 Å². The molecule has 1 aliphatic heterocycles. The fraction of sp³-hybridized carbons (Fsp3) is 0.423. The number of rotatable bonds is 8. The van der Waals surface area contributed by atoms with Crippen LogP contribution >= 0.6 is 0 Å². The highest BCUT2D eigenvalue weighted by Crippen LogP contribution is 2.44. The highest BCUT2D eigenvalue weighted by atomic mass is 16.5. The van der Waals surface area contributed by atoms with E-state index < -0.39 is 30.3 Å².